The van der Waals surface area contributed by atoms with Gasteiger partial charge in [0.25, 0.3) is 5.91 Å². The molecule has 0 unspecified atom stereocenters. The molecule has 0 aliphatic rings. The van der Waals surface area contributed by atoms with Crippen LogP contribution in [0.4, 0.5) is 0 Å². The Bertz CT molecular complexity index is 840. The van der Waals surface area contributed by atoms with Gasteiger partial charge in [-0.2, -0.15) is 5.10 Å². The van der Waals surface area contributed by atoms with Gasteiger partial charge in [0.1, 0.15) is 0 Å². The summed E-state index contributed by atoms with van der Waals surface area (Å²) < 4.78 is 1.84. The molecule has 3 aromatic rings. The summed E-state index contributed by atoms with van der Waals surface area (Å²) in [4.78, 5) is 16.7. The molecule has 122 valence electrons. The second kappa shape index (κ2) is 7.08. The normalized spacial score (nSPS) is 10.6. The van der Waals surface area contributed by atoms with Crippen molar-refractivity contribution in [2.45, 2.75) is 26.8 Å². The Labute approximate surface area is 141 Å². The van der Waals surface area contributed by atoms with Crippen LogP contribution in [0.5, 0.6) is 0 Å². The zero-order chi connectivity index (χ0) is 16.9. The maximum absolute atomic E-state index is 12.5. The lowest BCUT2D eigenvalue weighted by molar-refractivity contribution is 0.0949. The second-order valence-corrected chi connectivity index (χ2v) is 5.61. The van der Waals surface area contributed by atoms with E-state index in [0.29, 0.717) is 12.1 Å². The Morgan fingerprint density at radius 1 is 1.21 bits per heavy atom. The fourth-order valence-corrected chi connectivity index (χ4v) is 2.65. The summed E-state index contributed by atoms with van der Waals surface area (Å²) in [7, 11) is 0. The Morgan fingerprint density at radius 2 is 2.08 bits per heavy atom. The number of carbonyl (C=O) groups is 1. The topological polar surface area (TPSA) is 59.8 Å². The Balaban J connectivity index is 1.82. The maximum Gasteiger partial charge on any atom is 0.255 e. The number of rotatable bonds is 5. The van der Waals surface area contributed by atoms with E-state index in [1.807, 2.05) is 54.9 Å². The highest BCUT2D eigenvalue weighted by atomic mass is 16.1. The van der Waals surface area contributed by atoms with Gasteiger partial charge < -0.3 is 5.32 Å². The van der Waals surface area contributed by atoms with Crippen molar-refractivity contribution < 1.29 is 4.79 Å². The van der Waals surface area contributed by atoms with Crippen LogP contribution in [0.1, 0.15) is 34.2 Å². The number of aryl methyl sites for hydroxylation is 1. The number of amides is 1. The number of carbonyl (C=O) groups excluding carboxylic acids is 1. The Kier molecular flexibility index (Phi) is 4.70. The number of benzene rings is 1. The van der Waals surface area contributed by atoms with Gasteiger partial charge in [-0.15, -0.1) is 0 Å². The van der Waals surface area contributed by atoms with Crippen molar-refractivity contribution >= 4 is 5.91 Å². The summed E-state index contributed by atoms with van der Waals surface area (Å²) in [5.74, 6) is -0.128. The molecule has 0 fully saturated rings. The van der Waals surface area contributed by atoms with E-state index in [1.165, 1.54) is 0 Å². The number of aromatic nitrogens is 3. The molecule has 2 heterocycles. The highest BCUT2D eigenvalue weighted by Gasteiger charge is 2.17. The van der Waals surface area contributed by atoms with Crippen molar-refractivity contribution in [3.05, 3.63) is 77.4 Å². The molecule has 0 saturated carbocycles. The SMILES string of the molecule is CCc1c(C(=O)NCc2ccccn2)cnn1-c1cccc(C)c1. The zero-order valence-electron chi connectivity index (χ0n) is 13.9. The van der Waals surface area contributed by atoms with E-state index >= 15 is 0 Å². The molecule has 24 heavy (non-hydrogen) atoms. The van der Waals surface area contributed by atoms with Crippen LogP contribution in [0.2, 0.25) is 0 Å². The highest BCUT2D eigenvalue weighted by Crippen LogP contribution is 2.17. The van der Waals surface area contributed by atoms with Crippen LogP contribution < -0.4 is 5.32 Å². The first-order valence-corrected chi connectivity index (χ1v) is 8.01. The van der Waals surface area contributed by atoms with Crippen molar-refractivity contribution in [2.24, 2.45) is 0 Å². The molecule has 3 rings (SSSR count). The van der Waals surface area contributed by atoms with E-state index in [9.17, 15) is 4.79 Å². The number of nitrogens with one attached hydrogen (secondary N) is 1. The summed E-state index contributed by atoms with van der Waals surface area (Å²) in [5, 5.41) is 7.33. The van der Waals surface area contributed by atoms with Crippen molar-refractivity contribution in [1.82, 2.24) is 20.1 Å². The lowest BCUT2D eigenvalue weighted by atomic mass is 10.1. The smallest absolute Gasteiger partial charge is 0.255 e. The fraction of sp³-hybridized carbons (Fsp3) is 0.211. The third-order valence-corrected chi connectivity index (χ3v) is 3.85. The minimum absolute atomic E-state index is 0.128. The van der Waals surface area contributed by atoms with Crippen molar-refractivity contribution in [3.8, 4) is 5.69 Å². The van der Waals surface area contributed by atoms with Crippen molar-refractivity contribution in [3.63, 3.8) is 0 Å². The van der Waals surface area contributed by atoms with E-state index < -0.39 is 0 Å². The predicted octanol–water partition coefficient (Wildman–Crippen LogP) is 3.07. The van der Waals surface area contributed by atoms with Crippen LogP contribution in [0.25, 0.3) is 5.69 Å². The second-order valence-electron chi connectivity index (χ2n) is 5.61. The number of hydrogen-bond acceptors (Lipinski definition) is 3. The Hall–Kier alpha value is -2.95. The van der Waals surface area contributed by atoms with Gasteiger partial charge >= 0.3 is 0 Å². The first kappa shape index (κ1) is 15.9. The molecule has 0 spiro atoms. The van der Waals surface area contributed by atoms with Gasteiger partial charge in [-0.3, -0.25) is 9.78 Å². The van der Waals surface area contributed by atoms with Gasteiger partial charge in [0, 0.05) is 6.20 Å². The lowest BCUT2D eigenvalue weighted by Crippen LogP contribution is -2.24. The van der Waals surface area contributed by atoms with Crippen LogP contribution in [0.3, 0.4) is 0 Å². The molecular weight excluding hydrogens is 300 g/mol. The van der Waals surface area contributed by atoms with Gasteiger partial charge in [-0.25, -0.2) is 4.68 Å². The molecule has 0 aliphatic carbocycles. The average molecular weight is 320 g/mol. The maximum atomic E-state index is 12.5. The molecule has 5 heteroatoms. The van der Waals surface area contributed by atoms with E-state index in [4.69, 9.17) is 0 Å². The molecule has 0 atom stereocenters. The first-order valence-electron chi connectivity index (χ1n) is 8.01. The molecule has 5 nitrogen and oxygen atoms in total. The number of hydrogen-bond donors (Lipinski definition) is 1. The fourth-order valence-electron chi connectivity index (χ4n) is 2.65. The molecular formula is C19H20N4O. The molecule has 0 saturated heterocycles. The van der Waals surface area contributed by atoms with E-state index in [0.717, 1.165) is 29.1 Å². The average Bonchev–Trinajstić information content (AvgIpc) is 3.04. The Morgan fingerprint density at radius 3 is 2.79 bits per heavy atom. The minimum atomic E-state index is -0.128. The van der Waals surface area contributed by atoms with Gasteiger partial charge in [0.05, 0.1) is 35.4 Å². The predicted molar refractivity (Wildman–Crippen MR) is 93.1 cm³/mol. The van der Waals surface area contributed by atoms with E-state index in [1.54, 1.807) is 12.4 Å². The summed E-state index contributed by atoms with van der Waals surface area (Å²) in [6.07, 6.45) is 4.07. The third-order valence-electron chi connectivity index (χ3n) is 3.85. The quantitative estimate of drug-likeness (QED) is 0.786. The van der Waals surface area contributed by atoms with E-state index in [-0.39, 0.29) is 5.91 Å². The molecule has 2 aromatic heterocycles. The van der Waals surface area contributed by atoms with Crippen LogP contribution >= 0.6 is 0 Å². The molecule has 0 radical (unpaired) electrons. The van der Waals surface area contributed by atoms with E-state index in [2.05, 4.69) is 21.5 Å². The van der Waals surface area contributed by atoms with Crippen LogP contribution in [-0.2, 0) is 13.0 Å². The summed E-state index contributed by atoms with van der Waals surface area (Å²) in [6.45, 7) is 4.47. The van der Waals surface area contributed by atoms with Crippen molar-refractivity contribution in [1.29, 1.82) is 0 Å². The summed E-state index contributed by atoms with van der Waals surface area (Å²) >= 11 is 0. The molecule has 0 aliphatic heterocycles. The summed E-state index contributed by atoms with van der Waals surface area (Å²) in [6, 6.07) is 13.7. The highest BCUT2D eigenvalue weighted by molar-refractivity contribution is 5.95. The monoisotopic (exact) mass is 320 g/mol. The van der Waals surface area contributed by atoms with Crippen LogP contribution in [0, 0.1) is 6.92 Å². The molecule has 0 bridgehead atoms. The third kappa shape index (κ3) is 3.35. The first-order chi connectivity index (χ1) is 11.7. The molecule has 1 aromatic carbocycles. The molecule has 1 amide bonds. The largest absolute Gasteiger partial charge is 0.346 e. The molecule has 1 N–H and O–H groups in total. The van der Waals surface area contributed by atoms with Gasteiger partial charge in [0.2, 0.25) is 0 Å². The minimum Gasteiger partial charge on any atom is -0.346 e. The van der Waals surface area contributed by atoms with Crippen LogP contribution in [0.15, 0.2) is 54.9 Å². The van der Waals surface area contributed by atoms with Gasteiger partial charge in [0.15, 0.2) is 0 Å². The lowest BCUT2D eigenvalue weighted by Gasteiger charge is -2.09. The van der Waals surface area contributed by atoms with Crippen molar-refractivity contribution in [2.75, 3.05) is 0 Å². The number of pyridine rings is 1. The van der Waals surface area contributed by atoms with Gasteiger partial charge in [-0.1, -0.05) is 25.1 Å². The van der Waals surface area contributed by atoms with Gasteiger partial charge in [-0.05, 0) is 43.2 Å². The zero-order valence-corrected chi connectivity index (χ0v) is 13.9. The summed E-state index contributed by atoms with van der Waals surface area (Å²) in [5.41, 5.74) is 4.46. The number of nitrogens with zero attached hydrogens (tertiary/aromatic N) is 3. The van der Waals surface area contributed by atoms with Crippen LogP contribution in [-0.4, -0.2) is 20.7 Å². The standard InChI is InChI=1S/C19H20N4O/c1-3-18-17(19(24)21-12-15-8-4-5-10-20-15)13-22-23(18)16-9-6-7-14(2)11-16/h4-11,13H,3,12H2,1-2H3,(H,21,24).